The summed E-state index contributed by atoms with van der Waals surface area (Å²) in [5.74, 6) is 0. The molecule has 0 radical (unpaired) electrons. The van der Waals surface area contributed by atoms with Gasteiger partial charge in [0, 0.05) is 21.8 Å². The molecule has 1 heterocycles. The van der Waals surface area contributed by atoms with E-state index in [1.807, 2.05) is 11.3 Å². The molecule has 0 fully saturated rings. The molecule has 1 aromatic carbocycles. The smallest absolute Gasteiger partial charge is 0.0294 e. The van der Waals surface area contributed by atoms with E-state index in [1.54, 1.807) is 0 Å². The topological polar surface area (TPSA) is 12.0 Å². The Morgan fingerprint density at radius 3 is 2.26 bits per heavy atom. The molecule has 0 aliphatic heterocycles. The van der Waals surface area contributed by atoms with Gasteiger partial charge < -0.3 is 5.32 Å². The van der Waals surface area contributed by atoms with Crippen LogP contribution >= 0.6 is 11.3 Å². The second kappa shape index (κ2) is 6.36. The second-order valence-electron chi connectivity index (χ2n) is 5.42. The molecular weight excluding hydrogens is 250 g/mol. The number of benzene rings is 1. The van der Waals surface area contributed by atoms with Crippen molar-refractivity contribution in [1.29, 1.82) is 0 Å². The quantitative estimate of drug-likeness (QED) is 0.836. The summed E-state index contributed by atoms with van der Waals surface area (Å²) in [4.78, 5) is 2.86. The molecule has 0 saturated carbocycles. The van der Waals surface area contributed by atoms with Crippen molar-refractivity contribution in [3.63, 3.8) is 0 Å². The van der Waals surface area contributed by atoms with Crippen LogP contribution in [0.25, 0.3) is 0 Å². The van der Waals surface area contributed by atoms with Crippen molar-refractivity contribution in [2.45, 2.75) is 46.2 Å². The number of aryl methyl sites for hydroxylation is 2. The van der Waals surface area contributed by atoms with Crippen LogP contribution in [0.3, 0.4) is 0 Å². The van der Waals surface area contributed by atoms with Crippen LogP contribution < -0.4 is 5.32 Å². The van der Waals surface area contributed by atoms with Crippen LogP contribution in [0.15, 0.2) is 36.4 Å². The van der Waals surface area contributed by atoms with Crippen molar-refractivity contribution < 1.29 is 0 Å². The second-order valence-corrected chi connectivity index (χ2v) is 6.79. The molecule has 2 rings (SSSR count). The zero-order valence-electron chi connectivity index (χ0n) is 12.2. The van der Waals surface area contributed by atoms with Crippen molar-refractivity contribution in [2.24, 2.45) is 0 Å². The first-order chi connectivity index (χ1) is 9.04. The van der Waals surface area contributed by atoms with Crippen LogP contribution in [0.2, 0.25) is 0 Å². The number of nitrogens with one attached hydrogen (secondary N) is 1. The van der Waals surface area contributed by atoms with E-state index in [4.69, 9.17) is 0 Å². The summed E-state index contributed by atoms with van der Waals surface area (Å²) in [5.41, 5.74) is 2.68. The molecule has 2 aromatic rings. The Balaban J connectivity index is 1.91. The van der Waals surface area contributed by atoms with Crippen LogP contribution in [0.5, 0.6) is 0 Å². The molecular formula is C17H23NS. The fourth-order valence-electron chi connectivity index (χ4n) is 2.33. The van der Waals surface area contributed by atoms with E-state index in [0.717, 1.165) is 6.42 Å². The molecule has 2 heteroatoms. The van der Waals surface area contributed by atoms with E-state index >= 15 is 0 Å². The number of thiophene rings is 1. The van der Waals surface area contributed by atoms with Crippen molar-refractivity contribution >= 4 is 11.3 Å². The molecule has 0 bridgehead atoms. The van der Waals surface area contributed by atoms with Gasteiger partial charge in [-0.15, -0.1) is 11.3 Å². The molecule has 2 atom stereocenters. The first kappa shape index (κ1) is 14.3. The summed E-state index contributed by atoms with van der Waals surface area (Å²) in [6.07, 6.45) is 1.11. The Bertz CT molecular complexity index is 512. The molecule has 1 aromatic heterocycles. The van der Waals surface area contributed by atoms with Gasteiger partial charge in [-0.3, -0.25) is 0 Å². The molecule has 0 aliphatic carbocycles. The maximum absolute atomic E-state index is 3.68. The molecule has 0 saturated heterocycles. The summed E-state index contributed by atoms with van der Waals surface area (Å²) in [6.45, 7) is 8.80. The van der Waals surface area contributed by atoms with Crippen molar-refractivity contribution in [3.05, 3.63) is 57.3 Å². The molecule has 19 heavy (non-hydrogen) atoms. The Morgan fingerprint density at radius 2 is 1.68 bits per heavy atom. The van der Waals surface area contributed by atoms with Gasteiger partial charge in [0.2, 0.25) is 0 Å². The molecule has 1 N–H and O–H groups in total. The van der Waals surface area contributed by atoms with Gasteiger partial charge in [0.05, 0.1) is 0 Å². The minimum atomic E-state index is 0.400. The lowest BCUT2D eigenvalue weighted by Gasteiger charge is -2.20. The molecule has 0 spiro atoms. The highest BCUT2D eigenvalue weighted by Gasteiger charge is 2.10. The van der Waals surface area contributed by atoms with Crippen LogP contribution in [0, 0.1) is 13.8 Å². The first-order valence-corrected chi connectivity index (χ1v) is 7.74. The summed E-state index contributed by atoms with van der Waals surface area (Å²) in [7, 11) is 0. The summed E-state index contributed by atoms with van der Waals surface area (Å²) >= 11 is 1.90. The van der Waals surface area contributed by atoms with Crippen LogP contribution in [0.4, 0.5) is 0 Å². The van der Waals surface area contributed by atoms with Gasteiger partial charge in [-0.25, -0.2) is 0 Å². The Kier molecular flexibility index (Phi) is 4.78. The minimum absolute atomic E-state index is 0.400. The zero-order chi connectivity index (χ0) is 13.8. The van der Waals surface area contributed by atoms with E-state index in [2.05, 4.69) is 69.4 Å². The minimum Gasteiger partial charge on any atom is -0.307 e. The lowest BCUT2D eigenvalue weighted by Crippen LogP contribution is -2.30. The van der Waals surface area contributed by atoms with E-state index in [-0.39, 0.29) is 0 Å². The lowest BCUT2D eigenvalue weighted by atomic mass is 10.1. The van der Waals surface area contributed by atoms with E-state index < -0.39 is 0 Å². The predicted octanol–water partition coefficient (Wildman–Crippen LogP) is 4.65. The Labute approximate surface area is 120 Å². The van der Waals surface area contributed by atoms with Gasteiger partial charge in [0.15, 0.2) is 0 Å². The van der Waals surface area contributed by atoms with Gasteiger partial charge in [0.25, 0.3) is 0 Å². The normalized spacial score (nSPS) is 14.3. The highest BCUT2D eigenvalue weighted by atomic mass is 32.1. The van der Waals surface area contributed by atoms with Crippen LogP contribution in [-0.4, -0.2) is 6.04 Å². The molecule has 2 unspecified atom stereocenters. The third kappa shape index (κ3) is 4.19. The molecule has 1 nitrogen and oxygen atoms in total. The highest BCUT2D eigenvalue weighted by Crippen LogP contribution is 2.19. The monoisotopic (exact) mass is 273 g/mol. The third-order valence-electron chi connectivity index (χ3n) is 3.42. The first-order valence-electron chi connectivity index (χ1n) is 6.92. The fourth-order valence-corrected chi connectivity index (χ4v) is 3.35. The lowest BCUT2D eigenvalue weighted by molar-refractivity contribution is 0.479. The number of hydrogen-bond donors (Lipinski definition) is 1. The van der Waals surface area contributed by atoms with Gasteiger partial charge in [0.1, 0.15) is 0 Å². The maximum Gasteiger partial charge on any atom is 0.0294 e. The average Bonchev–Trinajstić information content (AvgIpc) is 2.75. The third-order valence-corrected chi connectivity index (χ3v) is 4.44. The zero-order valence-corrected chi connectivity index (χ0v) is 13.1. The van der Waals surface area contributed by atoms with Gasteiger partial charge in [-0.1, -0.05) is 29.8 Å². The summed E-state index contributed by atoms with van der Waals surface area (Å²) in [5, 5.41) is 3.68. The standard InChI is InChI=1S/C17H23NS/c1-12-5-8-16(9-6-12)15(4)18-13(2)11-17-10-7-14(3)19-17/h5-10,13,15,18H,11H2,1-4H3. The van der Waals surface area contributed by atoms with Crippen LogP contribution in [0.1, 0.15) is 40.8 Å². The average molecular weight is 273 g/mol. The van der Waals surface area contributed by atoms with E-state index in [9.17, 15) is 0 Å². The Hall–Kier alpha value is -1.12. The highest BCUT2D eigenvalue weighted by molar-refractivity contribution is 7.11. The molecule has 0 aliphatic rings. The maximum atomic E-state index is 3.68. The van der Waals surface area contributed by atoms with E-state index in [1.165, 1.54) is 20.9 Å². The SMILES string of the molecule is Cc1ccc(C(C)NC(C)Cc2ccc(C)s2)cc1. The Morgan fingerprint density at radius 1 is 1.00 bits per heavy atom. The van der Waals surface area contributed by atoms with Crippen molar-refractivity contribution in [1.82, 2.24) is 5.32 Å². The number of rotatable bonds is 5. The van der Waals surface area contributed by atoms with Crippen molar-refractivity contribution in [3.8, 4) is 0 Å². The van der Waals surface area contributed by atoms with Gasteiger partial charge in [-0.2, -0.15) is 0 Å². The van der Waals surface area contributed by atoms with Crippen LogP contribution in [-0.2, 0) is 6.42 Å². The van der Waals surface area contributed by atoms with Crippen molar-refractivity contribution in [2.75, 3.05) is 0 Å². The largest absolute Gasteiger partial charge is 0.307 e. The van der Waals surface area contributed by atoms with E-state index in [0.29, 0.717) is 12.1 Å². The summed E-state index contributed by atoms with van der Waals surface area (Å²) < 4.78 is 0. The summed E-state index contributed by atoms with van der Waals surface area (Å²) in [6, 6.07) is 14.1. The van der Waals surface area contributed by atoms with Gasteiger partial charge >= 0.3 is 0 Å². The predicted molar refractivity (Wildman–Crippen MR) is 85.0 cm³/mol. The number of hydrogen-bond acceptors (Lipinski definition) is 2. The molecule has 0 amide bonds. The fraction of sp³-hybridized carbons (Fsp3) is 0.412. The van der Waals surface area contributed by atoms with Gasteiger partial charge in [-0.05, 0) is 51.8 Å². The molecule has 102 valence electrons.